The molecule has 134 valence electrons. The number of carbonyl (C=O) groups is 1. The number of ether oxygens (including phenoxy) is 1. The first-order chi connectivity index (χ1) is 10.7. The van der Waals surface area contributed by atoms with Crippen molar-refractivity contribution in [2.45, 2.75) is 85.2 Å². The third-order valence-electron chi connectivity index (χ3n) is 6.97. The van der Waals surface area contributed by atoms with Crippen molar-refractivity contribution in [2.24, 2.45) is 22.7 Å². The van der Waals surface area contributed by atoms with E-state index in [1.54, 1.807) is 0 Å². The minimum atomic E-state index is -0.695. The Balaban J connectivity index is 2.01. The molecule has 2 rings (SSSR count). The molecule has 0 amide bonds. The van der Waals surface area contributed by atoms with Gasteiger partial charge < -0.3 is 9.84 Å². The van der Waals surface area contributed by atoms with Gasteiger partial charge in [-0.3, -0.25) is 4.79 Å². The second kappa shape index (κ2) is 6.84. The summed E-state index contributed by atoms with van der Waals surface area (Å²) in [7, 11) is 0. The molecule has 0 aliphatic heterocycles. The molecule has 2 saturated carbocycles. The topological polar surface area (TPSA) is 46.5 Å². The number of rotatable bonds is 7. The van der Waals surface area contributed by atoms with Crippen LogP contribution in [-0.2, 0) is 9.53 Å². The summed E-state index contributed by atoms with van der Waals surface area (Å²) in [6, 6.07) is 0. The Hall–Kier alpha value is -0.410. The number of Topliss-reactive ketones (excluding diaryl/α,β-unsaturated/α-hetero) is 1. The fraction of sp³-hybridized carbons (Fsp3) is 0.950. The number of hydrogen-bond acceptors (Lipinski definition) is 3. The number of carbonyl (C=O) groups excluding carboxylic acids is 1. The van der Waals surface area contributed by atoms with Crippen LogP contribution >= 0.6 is 0 Å². The van der Waals surface area contributed by atoms with Crippen molar-refractivity contribution >= 4 is 5.78 Å². The van der Waals surface area contributed by atoms with Crippen molar-refractivity contribution in [1.29, 1.82) is 0 Å². The number of aliphatic hydroxyl groups is 1. The molecule has 0 aromatic heterocycles. The van der Waals surface area contributed by atoms with Gasteiger partial charge in [-0.1, -0.05) is 34.6 Å². The highest BCUT2D eigenvalue weighted by Crippen LogP contribution is 2.59. The summed E-state index contributed by atoms with van der Waals surface area (Å²) in [6.45, 7) is 12.0. The molecule has 3 heteroatoms. The van der Waals surface area contributed by atoms with Gasteiger partial charge in [0.25, 0.3) is 0 Å². The SMILES string of the molecule is CCC(O)(CC)COCC(C)(C)[C@H]1CCC2C(=O)CCCC21C. The third kappa shape index (κ3) is 3.66. The van der Waals surface area contributed by atoms with E-state index >= 15 is 0 Å². The van der Waals surface area contributed by atoms with Crippen molar-refractivity contribution in [3.8, 4) is 0 Å². The molecule has 2 unspecified atom stereocenters. The van der Waals surface area contributed by atoms with Crippen LogP contribution in [0.3, 0.4) is 0 Å². The molecular weight excluding hydrogens is 288 g/mol. The van der Waals surface area contributed by atoms with Crippen molar-refractivity contribution in [3.63, 3.8) is 0 Å². The van der Waals surface area contributed by atoms with Gasteiger partial charge >= 0.3 is 0 Å². The molecule has 0 aromatic rings. The van der Waals surface area contributed by atoms with E-state index in [2.05, 4.69) is 20.8 Å². The minimum absolute atomic E-state index is 0.0452. The van der Waals surface area contributed by atoms with Gasteiger partial charge in [0.2, 0.25) is 0 Å². The average molecular weight is 325 g/mol. The van der Waals surface area contributed by atoms with Gasteiger partial charge in [0.15, 0.2) is 0 Å². The fourth-order valence-electron chi connectivity index (χ4n) is 5.27. The zero-order chi connectivity index (χ0) is 17.3. The van der Waals surface area contributed by atoms with E-state index in [4.69, 9.17) is 4.74 Å². The molecule has 0 heterocycles. The van der Waals surface area contributed by atoms with E-state index in [0.29, 0.717) is 24.9 Å². The standard InChI is InChI=1S/C20H36O3/c1-6-20(22,7-2)14-23-13-18(3,4)17-11-10-15-16(21)9-8-12-19(15,17)5/h15,17,22H,6-14H2,1-5H3/t15?,17-,19?/m1/s1. The highest BCUT2D eigenvalue weighted by atomic mass is 16.5. The predicted molar refractivity (Wildman–Crippen MR) is 93.3 cm³/mol. The molecule has 0 spiro atoms. The zero-order valence-corrected chi connectivity index (χ0v) is 15.8. The van der Waals surface area contributed by atoms with Gasteiger partial charge in [-0.2, -0.15) is 0 Å². The second-order valence-corrected chi connectivity index (χ2v) is 8.92. The van der Waals surface area contributed by atoms with Gasteiger partial charge in [-0.05, 0) is 55.3 Å². The fourth-order valence-corrected chi connectivity index (χ4v) is 5.27. The lowest BCUT2D eigenvalue weighted by Gasteiger charge is -2.46. The zero-order valence-electron chi connectivity index (χ0n) is 15.8. The lowest BCUT2D eigenvalue weighted by Crippen LogP contribution is -2.44. The molecule has 1 N–H and O–H groups in total. The van der Waals surface area contributed by atoms with Gasteiger partial charge in [-0.15, -0.1) is 0 Å². The van der Waals surface area contributed by atoms with Crippen molar-refractivity contribution < 1.29 is 14.6 Å². The average Bonchev–Trinajstić information content (AvgIpc) is 2.86. The van der Waals surface area contributed by atoms with Gasteiger partial charge in [0.1, 0.15) is 5.78 Å². The molecule has 3 nitrogen and oxygen atoms in total. The monoisotopic (exact) mass is 324 g/mol. The number of ketones is 1. The van der Waals surface area contributed by atoms with Gasteiger partial charge in [0, 0.05) is 12.3 Å². The Morgan fingerprint density at radius 3 is 2.48 bits per heavy atom. The van der Waals surface area contributed by atoms with Crippen molar-refractivity contribution in [2.75, 3.05) is 13.2 Å². The largest absolute Gasteiger partial charge is 0.388 e. The second-order valence-electron chi connectivity index (χ2n) is 8.92. The van der Waals surface area contributed by atoms with Crippen molar-refractivity contribution in [1.82, 2.24) is 0 Å². The van der Waals surface area contributed by atoms with Crippen LogP contribution in [0.2, 0.25) is 0 Å². The minimum Gasteiger partial charge on any atom is -0.388 e. The predicted octanol–water partition coefficient (Wildman–Crippen LogP) is 4.37. The number of fused-ring (bicyclic) bond motifs is 1. The first-order valence-corrected chi connectivity index (χ1v) is 9.51. The highest BCUT2D eigenvalue weighted by Gasteiger charge is 2.55. The van der Waals surface area contributed by atoms with E-state index < -0.39 is 5.60 Å². The molecule has 2 aliphatic carbocycles. The van der Waals surface area contributed by atoms with E-state index in [1.807, 2.05) is 13.8 Å². The van der Waals surface area contributed by atoms with Crippen LogP contribution in [0, 0.1) is 22.7 Å². The van der Waals surface area contributed by atoms with Crippen LogP contribution in [0.5, 0.6) is 0 Å². The molecule has 2 fully saturated rings. The molecule has 0 radical (unpaired) electrons. The first kappa shape index (κ1) is 18.9. The Morgan fingerprint density at radius 2 is 1.87 bits per heavy atom. The molecule has 3 atom stereocenters. The van der Waals surface area contributed by atoms with Crippen LogP contribution in [-0.4, -0.2) is 29.7 Å². The van der Waals surface area contributed by atoms with Crippen LogP contribution < -0.4 is 0 Å². The first-order valence-electron chi connectivity index (χ1n) is 9.51. The Bertz CT molecular complexity index is 425. The summed E-state index contributed by atoms with van der Waals surface area (Å²) in [5.74, 6) is 1.29. The molecule has 2 aliphatic rings. The summed E-state index contributed by atoms with van der Waals surface area (Å²) >= 11 is 0. The Morgan fingerprint density at radius 1 is 1.22 bits per heavy atom. The van der Waals surface area contributed by atoms with E-state index in [-0.39, 0.29) is 16.7 Å². The van der Waals surface area contributed by atoms with Crippen LogP contribution in [0.4, 0.5) is 0 Å². The summed E-state index contributed by atoms with van der Waals surface area (Å²) in [6.07, 6.45) is 6.63. The van der Waals surface area contributed by atoms with E-state index in [9.17, 15) is 9.90 Å². The maximum Gasteiger partial charge on any atom is 0.136 e. The Kier molecular flexibility index (Phi) is 5.62. The molecule has 0 aromatic carbocycles. The Labute approximate surface area is 142 Å². The number of hydrogen-bond donors (Lipinski definition) is 1. The van der Waals surface area contributed by atoms with Crippen molar-refractivity contribution in [3.05, 3.63) is 0 Å². The summed E-state index contributed by atoms with van der Waals surface area (Å²) in [5.41, 5.74) is -0.503. The highest BCUT2D eigenvalue weighted by molar-refractivity contribution is 5.83. The van der Waals surface area contributed by atoms with Crippen LogP contribution in [0.25, 0.3) is 0 Å². The summed E-state index contributed by atoms with van der Waals surface area (Å²) < 4.78 is 5.97. The molecule has 0 bridgehead atoms. The quantitative estimate of drug-likeness (QED) is 0.756. The lowest BCUT2D eigenvalue weighted by atomic mass is 9.58. The van der Waals surface area contributed by atoms with Crippen LogP contribution in [0.1, 0.15) is 79.6 Å². The molecule has 23 heavy (non-hydrogen) atoms. The summed E-state index contributed by atoms with van der Waals surface area (Å²) in [4.78, 5) is 12.3. The maximum absolute atomic E-state index is 12.3. The molecule has 0 saturated heterocycles. The van der Waals surface area contributed by atoms with Crippen LogP contribution in [0.15, 0.2) is 0 Å². The van der Waals surface area contributed by atoms with E-state index in [0.717, 1.165) is 38.5 Å². The molecular formula is C20H36O3. The summed E-state index contributed by atoms with van der Waals surface area (Å²) in [5, 5.41) is 10.4. The third-order valence-corrected chi connectivity index (χ3v) is 6.97. The normalized spacial score (nSPS) is 32.2. The smallest absolute Gasteiger partial charge is 0.136 e. The van der Waals surface area contributed by atoms with E-state index in [1.165, 1.54) is 6.42 Å². The van der Waals surface area contributed by atoms with Gasteiger partial charge in [-0.25, -0.2) is 0 Å². The lowest BCUT2D eigenvalue weighted by molar-refractivity contribution is -0.132. The van der Waals surface area contributed by atoms with Gasteiger partial charge in [0.05, 0.1) is 18.8 Å². The maximum atomic E-state index is 12.3.